The quantitative estimate of drug-likeness (QED) is 0.823. The normalized spacial score (nSPS) is 12.1. The minimum absolute atomic E-state index is 0.0571. The van der Waals surface area contributed by atoms with Crippen molar-refractivity contribution in [1.29, 1.82) is 0 Å². The molecule has 0 bridgehead atoms. The number of aliphatic hydroxyl groups is 1. The molecule has 0 aliphatic heterocycles. The fourth-order valence-electron chi connectivity index (χ4n) is 1.58. The summed E-state index contributed by atoms with van der Waals surface area (Å²) < 4.78 is 0. The fourth-order valence-corrected chi connectivity index (χ4v) is 3.11. The van der Waals surface area contributed by atoms with Crippen molar-refractivity contribution >= 4 is 29.0 Å². The zero-order chi connectivity index (χ0) is 14.2. The highest BCUT2D eigenvalue weighted by atomic mass is 32.2. The predicted molar refractivity (Wildman–Crippen MR) is 82.7 cm³/mol. The number of carbonyl (C=O) groups excluding carboxylic acids is 1. The van der Waals surface area contributed by atoms with Crippen LogP contribution >= 0.6 is 23.1 Å². The highest BCUT2D eigenvalue weighted by molar-refractivity contribution is 7.99. The SMILES string of the molecule is O=C(CSCc1ccncc1)NCC(O)c1ccsc1. The number of pyridine rings is 1. The second-order valence-electron chi connectivity index (χ2n) is 4.22. The van der Waals surface area contributed by atoms with Gasteiger partial charge in [-0.1, -0.05) is 0 Å². The third-order valence-electron chi connectivity index (χ3n) is 2.67. The van der Waals surface area contributed by atoms with E-state index >= 15 is 0 Å². The van der Waals surface area contributed by atoms with Crippen molar-refractivity contribution in [2.75, 3.05) is 12.3 Å². The Balaban J connectivity index is 1.63. The molecule has 20 heavy (non-hydrogen) atoms. The summed E-state index contributed by atoms with van der Waals surface area (Å²) in [7, 11) is 0. The van der Waals surface area contributed by atoms with Gasteiger partial charge in [0.1, 0.15) is 0 Å². The molecule has 0 fully saturated rings. The Morgan fingerprint density at radius 1 is 1.40 bits per heavy atom. The molecule has 6 heteroatoms. The van der Waals surface area contributed by atoms with Gasteiger partial charge in [0, 0.05) is 24.7 Å². The van der Waals surface area contributed by atoms with Gasteiger partial charge in [0.2, 0.25) is 5.91 Å². The number of hydrogen-bond donors (Lipinski definition) is 2. The van der Waals surface area contributed by atoms with Gasteiger partial charge in [-0.05, 0) is 40.1 Å². The zero-order valence-corrected chi connectivity index (χ0v) is 12.5. The van der Waals surface area contributed by atoms with Crippen LogP contribution in [0, 0.1) is 0 Å². The van der Waals surface area contributed by atoms with Gasteiger partial charge in [-0.2, -0.15) is 11.3 Å². The molecule has 0 spiro atoms. The summed E-state index contributed by atoms with van der Waals surface area (Å²) in [4.78, 5) is 15.6. The van der Waals surface area contributed by atoms with Crippen molar-refractivity contribution in [3.8, 4) is 0 Å². The minimum atomic E-state index is -0.629. The van der Waals surface area contributed by atoms with Crippen molar-refractivity contribution in [2.45, 2.75) is 11.9 Å². The topological polar surface area (TPSA) is 62.2 Å². The first kappa shape index (κ1) is 15.0. The third kappa shape index (κ3) is 4.96. The molecule has 0 saturated carbocycles. The van der Waals surface area contributed by atoms with Gasteiger partial charge >= 0.3 is 0 Å². The van der Waals surface area contributed by atoms with Gasteiger partial charge in [0.15, 0.2) is 0 Å². The van der Waals surface area contributed by atoms with Gasteiger partial charge in [-0.3, -0.25) is 9.78 Å². The van der Waals surface area contributed by atoms with Crippen molar-refractivity contribution < 1.29 is 9.90 Å². The Labute approximate surface area is 126 Å². The number of aromatic nitrogens is 1. The first-order valence-corrected chi connectivity index (χ1v) is 8.29. The molecule has 2 aromatic heterocycles. The second-order valence-corrected chi connectivity index (χ2v) is 5.99. The number of aliphatic hydroxyl groups excluding tert-OH is 1. The molecule has 2 N–H and O–H groups in total. The smallest absolute Gasteiger partial charge is 0.230 e. The summed E-state index contributed by atoms with van der Waals surface area (Å²) >= 11 is 3.08. The molecule has 2 aromatic rings. The largest absolute Gasteiger partial charge is 0.387 e. The van der Waals surface area contributed by atoms with E-state index in [1.54, 1.807) is 24.2 Å². The summed E-state index contributed by atoms with van der Waals surface area (Å²) in [6, 6.07) is 5.73. The van der Waals surface area contributed by atoms with E-state index in [1.165, 1.54) is 11.3 Å². The molecule has 0 radical (unpaired) electrons. The molecule has 4 nitrogen and oxygen atoms in total. The molecule has 2 rings (SSSR count). The summed E-state index contributed by atoms with van der Waals surface area (Å²) in [6.45, 7) is 0.255. The van der Waals surface area contributed by atoms with Gasteiger partial charge in [-0.25, -0.2) is 0 Å². The molecule has 0 aromatic carbocycles. The van der Waals surface area contributed by atoms with Crippen LogP contribution in [-0.2, 0) is 10.5 Å². The van der Waals surface area contributed by atoms with E-state index in [0.717, 1.165) is 16.9 Å². The van der Waals surface area contributed by atoms with Crippen LogP contribution in [0.15, 0.2) is 41.4 Å². The van der Waals surface area contributed by atoms with Gasteiger partial charge < -0.3 is 10.4 Å². The molecule has 1 atom stereocenters. The van der Waals surface area contributed by atoms with Crippen molar-refractivity contribution in [3.63, 3.8) is 0 Å². The van der Waals surface area contributed by atoms with Gasteiger partial charge in [0.25, 0.3) is 0 Å². The lowest BCUT2D eigenvalue weighted by Crippen LogP contribution is -2.29. The lowest BCUT2D eigenvalue weighted by molar-refractivity contribution is -0.119. The van der Waals surface area contributed by atoms with Crippen molar-refractivity contribution in [3.05, 3.63) is 52.5 Å². The Morgan fingerprint density at radius 3 is 2.90 bits per heavy atom. The molecule has 0 aliphatic rings. The summed E-state index contributed by atoms with van der Waals surface area (Å²) in [6.07, 6.45) is 2.86. The second kappa shape index (κ2) is 8.04. The van der Waals surface area contributed by atoms with Crippen LogP contribution in [0.2, 0.25) is 0 Å². The number of thiophene rings is 1. The van der Waals surface area contributed by atoms with E-state index in [-0.39, 0.29) is 12.5 Å². The highest BCUT2D eigenvalue weighted by Gasteiger charge is 2.09. The fraction of sp³-hybridized carbons (Fsp3) is 0.286. The number of hydrogen-bond acceptors (Lipinski definition) is 5. The first-order chi connectivity index (χ1) is 9.75. The number of carbonyl (C=O) groups is 1. The molecule has 0 aliphatic carbocycles. The van der Waals surface area contributed by atoms with Crippen LogP contribution in [0.25, 0.3) is 0 Å². The number of thioether (sulfide) groups is 1. The maximum Gasteiger partial charge on any atom is 0.230 e. The molecule has 106 valence electrons. The molecule has 1 amide bonds. The standard InChI is InChI=1S/C14H16N2O2S2/c17-13(12-3-6-19-9-12)7-16-14(18)10-20-8-11-1-4-15-5-2-11/h1-6,9,13,17H,7-8,10H2,(H,16,18). The monoisotopic (exact) mass is 308 g/mol. The summed E-state index contributed by atoms with van der Waals surface area (Å²) in [5, 5.41) is 16.4. The van der Waals surface area contributed by atoms with Crippen molar-refractivity contribution in [2.24, 2.45) is 0 Å². The number of amides is 1. The van der Waals surface area contributed by atoms with E-state index in [1.807, 2.05) is 29.0 Å². The Kier molecular flexibility index (Phi) is 6.04. The van der Waals surface area contributed by atoms with Crippen LogP contribution in [-0.4, -0.2) is 28.3 Å². The Bertz CT molecular complexity index is 517. The van der Waals surface area contributed by atoms with Crippen LogP contribution < -0.4 is 5.32 Å². The van der Waals surface area contributed by atoms with Crippen LogP contribution in [0.1, 0.15) is 17.2 Å². The molecular formula is C14H16N2O2S2. The molecule has 0 saturated heterocycles. The maximum absolute atomic E-state index is 11.7. The van der Waals surface area contributed by atoms with Crippen LogP contribution in [0.4, 0.5) is 0 Å². The Hall–Kier alpha value is -1.37. The number of nitrogens with one attached hydrogen (secondary N) is 1. The number of nitrogens with zero attached hydrogens (tertiary/aromatic N) is 1. The van der Waals surface area contributed by atoms with Gasteiger partial charge in [0.05, 0.1) is 11.9 Å². The minimum Gasteiger partial charge on any atom is -0.387 e. The van der Waals surface area contributed by atoms with Crippen LogP contribution in [0.5, 0.6) is 0 Å². The average molecular weight is 308 g/mol. The zero-order valence-electron chi connectivity index (χ0n) is 10.9. The third-order valence-corrected chi connectivity index (χ3v) is 4.38. The lowest BCUT2D eigenvalue weighted by atomic mass is 10.2. The maximum atomic E-state index is 11.7. The van der Waals surface area contributed by atoms with E-state index in [0.29, 0.717) is 5.75 Å². The predicted octanol–water partition coefficient (Wildman–Crippen LogP) is 2.23. The van der Waals surface area contributed by atoms with Crippen LogP contribution in [0.3, 0.4) is 0 Å². The average Bonchev–Trinajstić information content (AvgIpc) is 3.00. The van der Waals surface area contributed by atoms with E-state index in [2.05, 4.69) is 10.3 Å². The highest BCUT2D eigenvalue weighted by Crippen LogP contribution is 2.15. The summed E-state index contributed by atoms with van der Waals surface area (Å²) in [5.74, 6) is 1.11. The lowest BCUT2D eigenvalue weighted by Gasteiger charge is -2.10. The molecule has 1 unspecified atom stereocenters. The molecule has 2 heterocycles. The Morgan fingerprint density at radius 2 is 2.20 bits per heavy atom. The number of rotatable bonds is 7. The van der Waals surface area contributed by atoms with E-state index in [4.69, 9.17) is 0 Å². The summed E-state index contributed by atoms with van der Waals surface area (Å²) in [5.41, 5.74) is 2.00. The van der Waals surface area contributed by atoms with E-state index in [9.17, 15) is 9.90 Å². The van der Waals surface area contributed by atoms with E-state index < -0.39 is 6.10 Å². The van der Waals surface area contributed by atoms with Gasteiger partial charge in [-0.15, -0.1) is 11.8 Å². The first-order valence-electron chi connectivity index (χ1n) is 6.19. The molecular weight excluding hydrogens is 292 g/mol. The van der Waals surface area contributed by atoms with Crippen molar-refractivity contribution in [1.82, 2.24) is 10.3 Å².